The summed E-state index contributed by atoms with van der Waals surface area (Å²) in [7, 11) is 0. The number of amides is 3. The molecule has 5 atom stereocenters. The summed E-state index contributed by atoms with van der Waals surface area (Å²) in [6.45, 7) is 2.94. The maximum Gasteiger partial charge on any atom is 0.246 e. The maximum absolute atomic E-state index is 14.2. The highest BCUT2D eigenvalue weighted by atomic mass is 16.5. The van der Waals surface area contributed by atoms with Gasteiger partial charge in [-0.25, -0.2) is 0 Å². The molecule has 8 heteroatoms. The van der Waals surface area contributed by atoms with Gasteiger partial charge in [0.1, 0.15) is 17.4 Å². The van der Waals surface area contributed by atoms with Crippen molar-refractivity contribution in [3.05, 3.63) is 48.1 Å². The minimum Gasteiger partial charge on any atom is -0.494 e. The van der Waals surface area contributed by atoms with Gasteiger partial charge in [-0.3, -0.25) is 14.4 Å². The number of likely N-dealkylation sites (tertiary alicyclic amines) is 1. The predicted octanol–water partition coefficient (Wildman–Crippen LogP) is 4.51. The van der Waals surface area contributed by atoms with Crippen LogP contribution in [0.4, 0.5) is 5.69 Å². The Hall–Kier alpha value is -3.13. The molecular weight excluding hydrogens is 506 g/mol. The van der Waals surface area contributed by atoms with Gasteiger partial charge in [-0.05, 0) is 76.1 Å². The molecule has 2 N–H and O–H groups in total. The molecular formula is C32H41N3O5. The van der Waals surface area contributed by atoms with Crippen LogP contribution in [0.2, 0.25) is 0 Å². The largest absolute Gasteiger partial charge is 0.494 e. The van der Waals surface area contributed by atoms with Crippen LogP contribution >= 0.6 is 0 Å². The Bertz CT molecular complexity index is 1190. The van der Waals surface area contributed by atoms with Crippen molar-refractivity contribution in [1.29, 1.82) is 0 Å². The fourth-order valence-corrected chi connectivity index (χ4v) is 7.46. The summed E-state index contributed by atoms with van der Waals surface area (Å²) >= 11 is 0. The summed E-state index contributed by atoms with van der Waals surface area (Å²) in [6.07, 6.45) is 16.1. The van der Waals surface area contributed by atoms with Gasteiger partial charge in [0.15, 0.2) is 0 Å². The average Bonchev–Trinajstić information content (AvgIpc) is 3.61. The van der Waals surface area contributed by atoms with Crippen molar-refractivity contribution in [2.45, 2.75) is 94.9 Å². The molecule has 1 aromatic rings. The van der Waals surface area contributed by atoms with Crippen molar-refractivity contribution >= 4 is 23.4 Å². The number of nitrogens with one attached hydrogen (secondary N) is 2. The van der Waals surface area contributed by atoms with E-state index in [1.807, 2.05) is 31.2 Å². The van der Waals surface area contributed by atoms with Crippen molar-refractivity contribution in [1.82, 2.24) is 10.2 Å². The molecule has 1 aromatic carbocycles. The van der Waals surface area contributed by atoms with Crippen LogP contribution in [0.15, 0.2) is 48.1 Å². The van der Waals surface area contributed by atoms with E-state index in [1.54, 1.807) is 17.0 Å². The molecule has 3 amide bonds. The van der Waals surface area contributed by atoms with Gasteiger partial charge in [0.2, 0.25) is 17.7 Å². The van der Waals surface area contributed by atoms with Crippen LogP contribution in [0.5, 0.6) is 5.75 Å². The second-order valence-electron chi connectivity index (χ2n) is 11.9. The molecule has 0 aromatic heterocycles. The van der Waals surface area contributed by atoms with Gasteiger partial charge >= 0.3 is 0 Å². The fraction of sp³-hybridized carbons (Fsp3) is 0.594. The Balaban J connectivity index is 1.25. The first-order valence-electron chi connectivity index (χ1n) is 15.2. The van der Waals surface area contributed by atoms with E-state index in [0.717, 1.165) is 50.7 Å². The normalized spacial score (nSPS) is 31.2. The molecule has 2 bridgehead atoms. The van der Waals surface area contributed by atoms with E-state index in [2.05, 4.69) is 16.7 Å². The van der Waals surface area contributed by atoms with Gasteiger partial charge in [-0.15, -0.1) is 0 Å². The van der Waals surface area contributed by atoms with Crippen LogP contribution in [-0.2, 0) is 19.1 Å². The summed E-state index contributed by atoms with van der Waals surface area (Å²) in [5.74, 6) is -1.27. The lowest BCUT2D eigenvalue weighted by molar-refractivity contribution is -0.141. The molecule has 3 aliphatic heterocycles. The second kappa shape index (κ2) is 11.4. The standard InChI is InChI=1S/C32H41N3O5/c1-2-39-24-15-13-23(14-16-24)33-29(36)26-25-17-19-32(40-25)27(26)31(38)35(20-18-21-9-5-3-6-10-21)28(32)30(37)34-22-11-7-4-8-12-22/h9,13-17,19,22,25-28H,2-8,10-12,18,20H2,1H3,(H,33,36)(H,34,37)/t25-,26?,27-,28?,32?/m1/s1. The Kier molecular flexibility index (Phi) is 7.71. The van der Waals surface area contributed by atoms with Gasteiger partial charge in [0.05, 0.1) is 24.5 Å². The van der Waals surface area contributed by atoms with Crippen LogP contribution in [0, 0.1) is 11.8 Å². The first-order valence-corrected chi connectivity index (χ1v) is 15.2. The smallest absolute Gasteiger partial charge is 0.246 e. The lowest BCUT2D eigenvalue weighted by atomic mass is 9.74. The van der Waals surface area contributed by atoms with Crippen molar-refractivity contribution in [3.8, 4) is 5.75 Å². The zero-order valence-electron chi connectivity index (χ0n) is 23.4. The third kappa shape index (κ3) is 4.95. The minimum absolute atomic E-state index is 0.121. The highest BCUT2D eigenvalue weighted by molar-refractivity contribution is 6.02. The van der Waals surface area contributed by atoms with Crippen LogP contribution in [-0.4, -0.2) is 59.6 Å². The highest BCUT2D eigenvalue weighted by Crippen LogP contribution is 2.55. The summed E-state index contributed by atoms with van der Waals surface area (Å²) in [5, 5.41) is 6.25. The lowest BCUT2D eigenvalue weighted by Gasteiger charge is -2.34. The Morgan fingerprint density at radius 1 is 1.07 bits per heavy atom. The topological polar surface area (TPSA) is 97.0 Å². The van der Waals surface area contributed by atoms with Crippen LogP contribution in [0.3, 0.4) is 0 Å². The van der Waals surface area contributed by atoms with E-state index in [4.69, 9.17) is 9.47 Å². The summed E-state index contributed by atoms with van der Waals surface area (Å²) in [4.78, 5) is 43.5. The third-order valence-corrected chi connectivity index (χ3v) is 9.37. The van der Waals surface area contributed by atoms with E-state index in [-0.39, 0.29) is 23.8 Å². The lowest BCUT2D eigenvalue weighted by Crippen LogP contribution is -2.56. The SMILES string of the molecule is CCOc1ccc(NC(=O)C2[C@H]3C=CC4(O3)C(C(=O)NC3CCCCC3)N(CCC3=CCCCC3)C(=O)[C@@H]24)cc1. The molecule has 214 valence electrons. The zero-order valence-corrected chi connectivity index (χ0v) is 23.4. The number of benzene rings is 1. The Morgan fingerprint density at radius 2 is 1.88 bits per heavy atom. The van der Waals surface area contributed by atoms with E-state index in [9.17, 15) is 14.4 Å². The summed E-state index contributed by atoms with van der Waals surface area (Å²) in [5.41, 5.74) is 0.862. The molecule has 0 radical (unpaired) electrons. The zero-order chi connectivity index (χ0) is 27.7. The molecule has 1 spiro atoms. The number of ether oxygens (including phenoxy) is 2. The quantitative estimate of drug-likeness (QED) is 0.444. The third-order valence-electron chi connectivity index (χ3n) is 9.37. The molecule has 3 heterocycles. The number of carbonyl (C=O) groups is 3. The molecule has 40 heavy (non-hydrogen) atoms. The minimum atomic E-state index is -1.12. The monoisotopic (exact) mass is 547 g/mol. The number of allylic oxidation sites excluding steroid dienone is 1. The Labute approximate surface area is 236 Å². The van der Waals surface area contributed by atoms with Gasteiger partial charge in [0, 0.05) is 18.3 Å². The summed E-state index contributed by atoms with van der Waals surface area (Å²) in [6, 6.07) is 6.56. The fourth-order valence-electron chi connectivity index (χ4n) is 7.46. The van der Waals surface area contributed by atoms with E-state index in [0.29, 0.717) is 18.8 Å². The molecule has 2 aliphatic carbocycles. The molecule has 5 aliphatic rings. The maximum atomic E-state index is 14.2. The molecule has 3 fully saturated rings. The van der Waals surface area contributed by atoms with Crippen molar-refractivity contribution in [2.24, 2.45) is 11.8 Å². The van der Waals surface area contributed by atoms with E-state index < -0.39 is 29.6 Å². The molecule has 6 rings (SSSR count). The number of hydrogen-bond donors (Lipinski definition) is 2. The summed E-state index contributed by atoms with van der Waals surface area (Å²) < 4.78 is 12.0. The van der Waals surface area contributed by atoms with Gasteiger partial charge < -0.3 is 25.0 Å². The second-order valence-corrected chi connectivity index (χ2v) is 11.9. The molecule has 8 nitrogen and oxygen atoms in total. The molecule has 2 saturated heterocycles. The van der Waals surface area contributed by atoms with Crippen molar-refractivity contribution < 1.29 is 23.9 Å². The molecule has 1 saturated carbocycles. The van der Waals surface area contributed by atoms with Gasteiger partial charge in [-0.2, -0.15) is 0 Å². The van der Waals surface area contributed by atoms with Crippen molar-refractivity contribution in [3.63, 3.8) is 0 Å². The number of hydrogen-bond acceptors (Lipinski definition) is 5. The number of rotatable bonds is 9. The van der Waals surface area contributed by atoms with Crippen LogP contribution in [0.1, 0.15) is 71.1 Å². The molecule has 3 unspecified atom stereocenters. The highest BCUT2D eigenvalue weighted by Gasteiger charge is 2.72. The average molecular weight is 548 g/mol. The number of carbonyl (C=O) groups excluding carboxylic acids is 3. The number of nitrogens with zero attached hydrogens (tertiary/aromatic N) is 1. The number of anilines is 1. The Morgan fingerprint density at radius 3 is 2.60 bits per heavy atom. The number of fused-ring (bicyclic) bond motifs is 1. The van der Waals surface area contributed by atoms with E-state index in [1.165, 1.54) is 24.8 Å². The van der Waals surface area contributed by atoms with E-state index >= 15 is 0 Å². The van der Waals surface area contributed by atoms with Crippen LogP contribution in [0.25, 0.3) is 0 Å². The van der Waals surface area contributed by atoms with Crippen molar-refractivity contribution in [2.75, 3.05) is 18.5 Å². The first kappa shape index (κ1) is 27.1. The first-order chi connectivity index (χ1) is 19.5. The van der Waals surface area contributed by atoms with Crippen LogP contribution < -0.4 is 15.4 Å². The van der Waals surface area contributed by atoms with Gasteiger partial charge in [-0.1, -0.05) is 43.1 Å². The van der Waals surface area contributed by atoms with Gasteiger partial charge in [0.25, 0.3) is 0 Å². The predicted molar refractivity (Wildman–Crippen MR) is 152 cm³/mol.